The third-order valence-electron chi connectivity index (χ3n) is 9.23. The van der Waals surface area contributed by atoms with Crippen LogP contribution in [0, 0.1) is 16.7 Å². The van der Waals surface area contributed by atoms with Gasteiger partial charge in [0.2, 0.25) is 27.7 Å². The Kier molecular flexibility index (Phi) is 12.6. The summed E-state index contributed by atoms with van der Waals surface area (Å²) in [6.07, 6.45) is 6.42. The molecule has 0 saturated carbocycles. The molecule has 11 nitrogen and oxygen atoms in total. The van der Waals surface area contributed by atoms with E-state index in [-0.39, 0.29) is 30.1 Å². The van der Waals surface area contributed by atoms with E-state index >= 15 is 0 Å². The Bertz CT molecular complexity index is 1480. The number of aryl methyl sites for hydroxylation is 1. The molecule has 2 aromatic rings. The average molecular weight is 667 g/mol. The van der Waals surface area contributed by atoms with Gasteiger partial charge >= 0.3 is 0 Å². The predicted octanol–water partition coefficient (Wildman–Crippen LogP) is 3.07. The molecule has 0 aliphatic carbocycles. The minimum absolute atomic E-state index is 0.112. The standard InChI is InChI=1S/C35H50N6O5S/c1-35(2,20-10-16-26-12-6-4-7-13-26)33(44)38-34(36)40-22-18-28(19-23-40)25-37-31(42)30-17-11-21-41(30)32(43)29(39-47(3,45)46)24-27-14-8-5-9-15-27/h4-9,12-15,28-30,39H,10-11,16-25H2,1-3H3,(H,37,42)(H2,36,38,44)/t29-,30+/m1/s1. The summed E-state index contributed by atoms with van der Waals surface area (Å²) in [4.78, 5) is 43.2. The van der Waals surface area contributed by atoms with Crippen LogP contribution in [0.4, 0.5) is 0 Å². The molecule has 3 amide bonds. The van der Waals surface area contributed by atoms with Crippen LogP contribution in [0.5, 0.6) is 0 Å². The van der Waals surface area contributed by atoms with Gasteiger partial charge in [0.25, 0.3) is 0 Å². The summed E-state index contributed by atoms with van der Waals surface area (Å²) in [6.45, 7) is 5.87. The molecule has 12 heteroatoms. The number of carbonyl (C=O) groups is 3. The average Bonchev–Trinajstić information content (AvgIpc) is 3.54. The molecule has 47 heavy (non-hydrogen) atoms. The molecule has 0 unspecified atom stereocenters. The summed E-state index contributed by atoms with van der Waals surface area (Å²) >= 11 is 0. The normalized spacial score (nSPS) is 18.1. The molecule has 0 aromatic heterocycles. The van der Waals surface area contributed by atoms with Crippen molar-refractivity contribution in [3.05, 3.63) is 71.8 Å². The number of piperidine rings is 1. The van der Waals surface area contributed by atoms with Crippen molar-refractivity contribution in [2.24, 2.45) is 11.3 Å². The van der Waals surface area contributed by atoms with Gasteiger partial charge < -0.3 is 15.1 Å². The molecular formula is C35H50N6O5S. The molecule has 0 spiro atoms. The first-order valence-electron chi connectivity index (χ1n) is 16.6. The fourth-order valence-corrected chi connectivity index (χ4v) is 7.06. The van der Waals surface area contributed by atoms with E-state index in [2.05, 4.69) is 27.5 Å². The van der Waals surface area contributed by atoms with Gasteiger partial charge in [0.05, 0.1) is 6.26 Å². The summed E-state index contributed by atoms with van der Waals surface area (Å²) in [5.74, 6) is -0.466. The number of guanidine groups is 1. The molecule has 2 fully saturated rings. The van der Waals surface area contributed by atoms with Crippen molar-refractivity contribution in [2.75, 3.05) is 32.4 Å². The summed E-state index contributed by atoms with van der Waals surface area (Å²) in [5.41, 5.74) is 1.48. The van der Waals surface area contributed by atoms with E-state index < -0.39 is 33.4 Å². The second kappa shape index (κ2) is 16.4. The first-order chi connectivity index (χ1) is 22.3. The monoisotopic (exact) mass is 666 g/mol. The topological polar surface area (TPSA) is 152 Å². The molecule has 2 heterocycles. The van der Waals surface area contributed by atoms with Crippen LogP contribution in [0.1, 0.15) is 63.5 Å². The Labute approximate surface area is 279 Å². The Hall–Kier alpha value is -3.77. The van der Waals surface area contributed by atoms with Crippen LogP contribution >= 0.6 is 0 Å². The molecule has 4 N–H and O–H groups in total. The van der Waals surface area contributed by atoms with Gasteiger partial charge in [-0.15, -0.1) is 0 Å². The quantitative estimate of drug-likeness (QED) is 0.191. The highest BCUT2D eigenvalue weighted by molar-refractivity contribution is 7.88. The van der Waals surface area contributed by atoms with Gasteiger partial charge in [-0.2, -0.15) is 0 Å². The number of sulfonamides is 1. The van der Waals surface area contributed by atoms with Crippen molar-refractivity contribution in [1.29, 1.82) is 5.41 Å². The van der Waals surface area contributed by atoms with Crippen LogP contribution in [0.3, 0.4) is 0 Å². The number of hydrogen-bond donors (Lipinski definition) is 4. The zero-order valence-electron chi connectivity index (χ0n) is 27.8. The predicted molar refractivity (Wildman–Crippen MR) is 183 cm³/mol. The van der Waals surface area contributed by atoms with Crippen LogP contribution in [0.15, 0.2) is 60.7 Å². The Morgan fingerprint density at radius 1 is 0.936 bits per heavy atom. The van der Waals surface area contributed by atoms with Gasteiger partial charge in [-0.05, 0) is 68.4 Å². The summed E-state index contributed by atoms with van der Waals surface area (Å²) in [7, 11) is -3.66. The van der Waals surface area contributed by atoms with Crippen molar-refractivity contribution >= 4 is 33.7 Å². The molecular weight excluding hydrogens is 616 g/mol. The van der Waals surface area contributed by atoms with E-state index in [9.17, 15) is 22.8 Å². The SMILES string of the molecule is CC(C)(CCCc1ccccc1)C(=O)NC(=N)N1CCC(CNC(=O)[C@@H]2CCCN2C(=O)[C@@H](Cc2ccccc2)NS(C)(=O)=O)CC1. The number of benzene rings is 2. The van der Waals surface area contributed by atoms with Crippen LogP contribution in [-0.2, 0) is 37.2 Å². The molecule has 2 atom stereocenters. The van der Waals surface area contributed by atoms with Gasteiger partial charge in [-0.1, -0.05) is 74.5 Å². The van der Waals surface area contributed by atoms with E-state index in [1.807, 2.05) is 67.3 Å². The second-order valence-corrected chi connectivity index (χ2v) is 15.3. The van der Waals surface area contributed by atoms with Gasteiger partial charge in [0.1, 0.15) is 12.1 Å². The zero-order valence-corrected chi connectivity index (χ0v) is 28.7. The molecule has 2 aliphatic rings. The summed E-state index contributed by atoms with van der Waals surface area (Å²) in [6, 6.07) is 17.8. The Balaban J connectivity index is 1.21. The largest absolute Gasteiger partial charge is 0.354 e. The lowest BCUT2D eigenvalue weighted by Gasteiger charge is -2.35. The maximum absolute atomic E-state index is 13.6. The van der Waals surface area contributed by atoms with Crippen molar-refractivity contribution in [3.8, 4) is 0 Å². The van der Waals surface area contributed by atoms with Crippen molar-refractivity contribution in [1.82, 2.24) is 25.2 Å². The first kappa shape index (κ1) is 36.1. The van der Waals surface area contributed by atoms with E-state index in [4.69, 9.17) is 5.41 Å². The highest BCUT2D eigenvalue weighted by Crippen LogP contribution is 2.25. The molecule has 4 rings (SSSR count). The van der Waals surface area contributed by atoms with Crippen LogP contribution in [0.25, 0.3) is 0 Å². The summed E-state index contributed by atoms with van der Waals surface area (Å²) < 4.78 is 26.7. The van der Waals surface area contributed by atoms with Crippen LogP contribution in [0.2, 0.25) is 0 Å². The minimum atomic E-state index is -3.66. The number of nitrogens with one attached hydrogen (secondary N) is 4. The number of likely N-dealkylation sites (tertiary alicyclic amines) is 2. The second-order valence-electron chi connectivity index (χ2n) is 13.5. The number of amides is 3. The van der Waals surface area contributed by atoms with Gasteiger partial charge in [0, 0.05) is 31.6 Å². The van der Waals surface area contributed by atoms with E-state index in [0.29, 0.717) is 45.4 Å². The van der Waals surface area contributed by atoms with Crippen LogP contribution in [-0.4, -0.2) is 86.4 Å². The van der Waals surface area contributed by atoms with Crippen molar-refractivity contribution in [3.63, 3.8) is 0 Å². The van der Waals surface area contributed by atoms with E-state index in [0.717, 1.165) is 37.5 Å². The lowest BCUT2D eigenvalue weighted by molar-refractivity contribution is -0.139. The van der Waals surface area contributed by atoms with Gasteiger partial charge in [-0.3, -0.25) is 25.1 Å². The van der Waals surface area contributed by atoms with E-state index in [1.54, 1.807) is 0 Å². The minimum Gasteiger partial charge on any atom is -0.354 e. The number of hydrogen-bond acceptors (Lipinski definition) is 6. The fraction of sp³-hybridized carbons (Fsp3) is 0.543. The fourth-order valence-electron chi connectivity index (χ4n) is 6.36. The van der Waals surface area contributed by atoms with E-state index in [1.165, 1.54) is 10.5 Å². The maximum Gasteiger partial charge on any atom is 0.242 e. The van der Waals surface area contributed by atoms with Gasteiger partial charge in [-0.25, -0.2) is 13.1 Å². The Morgan fingerprint density at radius 3 is 2.17 bits per heavy atom. The van der Waals surface area contributed by atoms with Crippen LogP contribution < -0.4 is 15.4 Å². The molecule has 2 aromatic carbocycles. The smallest absolute Gasteiger partial charge is 0.242 e. The van der Waals surface area contributed by atoms with Gasteiger partial charge in [0.15, 0.2) is 5.96 Å². The number of nitrogens with zero attached hydrogens (tertiary/aromatic N) is 2. The molecule has 0 radical (unpaired) electrons. The first-order valence-corrected chi connectivity index (χ1v) is 18.5. The highest BCUT2D eigenvalue weighted by atomic mass is 32.2. The molecule has 2 aliphatic heterocycles. The maximum atomic E-state index is 13.6. The number of carbonyl (C=O) groups excluding carboxylic acids is 3. The summed E-state index contributed by atoms with van der Waals surface area (Å²) in [5, 5.41) is 14.4. The third-order valence-corrected chi connectivity index (χ3v) is 9.94. The zero-order chi connectivity index (χ0) is 34.0. The number of rotatable bonds is 13. The Morgan fingerprint density at radius 2 is 1.55 bits per heavy atom. The molecule has 256 valence electrons. The molecule has 0 bridgehead atoms. The molecule has 2 saturated heterocycles. The lowest BCUT2D eigenvalue weighted by Crippen LogP contribution is -2.54. The lowest BCUT2D eigenvalue weighted by atomic mass is 9.85. The van der Waals surface area contributed by atoms with Crippen molar-refractivity contribution < 1.29 is 22.8 Å². The van der Waals surface area contributed by atoms with Crippen molar-refractivity contribution in [2.45, 2.75) is 77.3 Å². The highest BCUT2D eigenvalue weighted by Gasteiger charge is 2.38. The third kappa shape index (κ3) is 10.9.